The molecule has 8 heteroatoms. The molecule has 1 aliphatic rings. The molecule has 1 aliphatic heterocycles. The van der Waals surface area contributed by atoms with Gasteiger partial charge in [-0.15, -0.1) is 0 Å². The molecule has 0 radical (unpaired) electrons. The van der Waals surface area contributed by atoms with Crippen LogP contribution in [0, 0.1) is 0 Å². The maximum Gasteiger partial charge on any atom is 0.321 e. The molecule has 0 spiro atoms. The second-order valence-electron chi connectivity index (χ2n) is 5.87. The van der Waals surface area contributed by atoms with E-state index in [1.54, 1.807) is 17.2 Å². The summed E-state index contributed by atoms with van der Waals surface area (Å²) in [4.78, 5) is 29.0. The molecule has 0 unspecified atom stereocenters. The number of nitrogens with two attached hydrogens (primary N) is 1. The Morgan fingerprint density at radius 3 is 2.54 bits per heavy atom. The molecule has 2 aromatic rings. The minimum atomic E-state index is -0.592. The Kier molecular flexibility index (Phi) is 4.45. The standard InChI is InChI=1S/C16H20N6O2/c1-21-14(4-7-19-21)11-5-8-22(9-6-11)16(24)20-12-2-3-13(15(17)23)18-10-12/h2-4,7,10-11H,5-6,8-9H2,1H3,(H2,17,23)(H,20,24). The molecule has 0 aliphatic carbocycles. The Bertz CT molecular complexity index is 731. The van der Waals surface area contributed by atoms with E-state index in [1.165, 1.54) is 18.0 Å². The van der Waals surface area contributed by atoms with Crippen LogP contribution in [-0.4, -0.2) is 44.7 Å². The zero-order valence-corrected chi connectivity index (χ0v) is 13.5. The Morgan fingerprint density at radius 1 is 1.25 bits per heavy atom. The molecule has 3 N–H and O–H groups in total. The fourth-order valence-electron chi connectivity index (χ4n) is 2.98. The van der Waals surface area contributed by atoms with E-state index in [0.29, 0.717) is 24.7 Å². The molecular weight excluding hydrogens is 308 g/mol. The summed E-state index contributed by atoms with van der Waals surface area (Å²) in [6.07, 6.45) is 5.05. The van der Waals surface area contributed by atoms with Crippen molar-refractivity contribution < 1.29 is 9.59 Å². The predicted molar refractivity (Wildman–Crippen MR) is 88.5 cm³/mol. The van der Waals surface area contributed by atoms with Crippen LogP contribution in [0.2, 0.25) is 0 Å². The van der Waals surface area contributed by atoms with E-state index >= 15 is 0 Å². The van der Waals surface area contributed by atoms with Crippen molar-refractivity contribution in [3.8, 4) is 0 Å². The van der Waals surface area contributed by atoms with Crippen molar-refractivity contribution in [2.45, 2.75) is 18.8 Å². The van der Waals surface area contributed by atoms with E-state index in [-0.39, 0.29) is 11.7 Å². The van der Waals surface area contributed by atoms with Crippen molar-refractivity contribution >= 4 is 17.6 Å². The molecule has 3 heterocycles. The normalized spacial score (nSPS) is 15.3. The summed E-state index contributed by atoms with van der Waals surface area (Å²) in [7, 11) is 1.94. The molecule has 24 heavy (non-hydrogen) atoms. The topological polar surface area (TPSA) is 106 Å². The molecule has 0 bridgehead atoms. The van der Waals surface area contributed by atoms with Crippen molar-refractivity contribution in [3.05, 3.63) is 42.0 Å². The van der Waals surface area contributed by atoms with Crippen molar-refractivity contribution in [2.24, 2.45) is 12.8 Å². The molecule has 3 rings (SSSR count). The largest absolute Gasteiger partial charge is 0.364 e. The number of carbonyl (C=O) groups is 2. The number of pyridine rings is 1. The van der Waals surface area contributed by atoms with E-state index in [2.05, 4.69) is 15.4 Å². The van der Waals surface area contributed by atoms with Crippen LogP contribution in [0.25, 0.3) is 0 Å². The Morgan fingerprint density at radius 2 is 2.00 bits per heavy atom. The minimum absolute atomic E-state index is 0.160. The van der Waals surface area contributed by atoms with Gasteiger partial charge in [0.15, 0.2) is 0 Å². The number of urea groups is 1. The number of carbonyl (C=O) groups excluding carboxylic acids is 2. The zero-order valence-electron chi connectivity index (χ0n) is 13.5. The molecule has 8 nitrogen and oxygen atoms in total. The summed E-state index contributed by atoms with van der Waals surface area (Å²) in [5, 5.41) is 7.00. The Labute approximate surface area is 139 Å². The van der Waals surface area contributed by atoms with E-state index in [9.17, 15) is 9.59 Å². The van der Waals surface area contributed by atoms with Crippen LogP contribution in [-0.2, 0) is 7.05 Å². The third kappa shape index (κ3) is 3.37. The summed E-state index contributed by atoms with van der Waals surface area (Å²) in [5.74, 6) is -0.164. The number of aryl methyl sites for hydroxylation is 1. The van der Waals surface area contributed by atoms with Gasteiger partial charge < -0.3 is 16.0 Å². The van der Waals surface area contributed by atoms with Crippen LogP contribution in [0.1, 0.15) is 34.9 Å². The minimum Gasteiger partial charge on any atom is -0.364 e. The number of rotatable bonds is 3. The van der Waals surface area contributed by atoms with Crippen molar-refractivity contribution in [1.82, 2.24) is 19.7 Å². The average Bonchev–Trinajstić information content (AvgIpc) is 3.01. The highest BCUT2D eigenvalue weighted by Gasteiger charge is 2.25. The Hall–Kier alpha value is -2.90. The molecule has 1 fully saturated rings. The number of likely N-dealkylation sites (tertiary alicyclic amines) is 1. The van der Waals surface area contributed by atoms with E-state index in [4.69, 9.17) is 5.73 Å². The lowest BCUT2D eigenvalue weighted by molar-refractivity contribution is 0.0995. The fourth-order valence-corrected chi connectivity index (χ4v) is 2.98. The number of nitrogens with zero attached hydrogens (tertiary/aromatic N) is 4. The molecule has 0 atom stereocenters. The maximum absolute atomic E-state index is 12.3. The maximum atomic E-state index is 12.3. The summed E-state index contributed by atoms with van der Waals surface area (Å²) < 4.78 is 1.90. The van der Waals surface area contributed by atoms with Gasteiger partial charge in [0, 0.05) is 37.9 Å². The quantitative estimate of drug-likeness (QED) is 0.886. The molecule has 2 aromatic heterocycles. The van der Waals surface area contributed by atoms with Crippen molar-refractivity contribution in [3.63, 3.8) is 0 Å². The first-order valence-corrected chi connectivity index (χ1v) is 7.84. The summed E-state index contributed by atoms with van der Waals surface area (Å²) in [6, 6.07) is 4.99. The summed E-state index contributed by atoms with van der Waals surface area (Å²) in [5.41, 5.74) is 7.06. The van der Waals surface area contributed by atoms with Crippen LogP contribution in [0.5, 0.6) is 0 Å². The van der Waals surface area contributed by atoms with E-state index < -0.39 is 5.91 Å². The van der Waals surface area contributed by atoms with Gasteiger partial charge in [0.25, 0.3) is 5.91 Å². The number of hydrogen-bond acceptors (Lipinski definition) is 4. The SMILES string of the molecule is Cn1nccc1C1CCN(C(=O)Nc2ccc(C(N)=O)nc2)CC1. The number of hydrogen-bond donors (Lipinski definition) is 2. The second kappa shape index (κ2) is 6.69. The lowest BCUT2D eigenvalue weighted by atomic mass is 9.93. The smallest absolute Gasteiger partial charge is 0.321 e. The number of aromatic nitrogens is 3. The lowest BCUT2D eigenvalue weighted by Gasteiger charge is -2.32. The summed E-state index contributed by atoms with van der Waals surface area (Å²) >= 11 is 0. The van der Waals surface area contributed by atoms with Crippen LogP contribution in [0.4, 0.5) is 10.5 Å². The number of nitrogens with one attached hydrogen (secondary N) is 1. The van der Waals surface area contributed by atoms with Gasteiger partial charge in [-0.1, -0.05) is 0 Å². The highest BCUT2D eigenvalue weighted by atomic mass is 16.2. The Balaban J connectivity index is 1.55. The van der Waals surface area contributed by atoms with Gasteiger partial charge in [-0.05, 0) is 31.0 Å². The third-order valence-corrected chi connectivity index (χ3v) is 4.33. The number of anilines is 1. The van der Waals surface area contributed by atoms with Gasteiger partial charge in [0.1, 0.15) is 5.69 Å². The van der Waals surface area contributed by atoms with Crippen molar-refractivity contribution in [1.29, 1.82) is 0 Å². The third-order valence-electron chi connectivity index (χ3n) is 4.33. The molecule has 1 saturated heterocycles. The highest BCUT2D eigenvalue weighted by Crippen LogP contribution is 2.27. The van der Waals surface area contributed by atoms with E-state index in [0.717, 1.165) is 12.8 Å². The van der Waals surface area contributed by atoms with Crippen LogP contribution in [0.15, 0.2) is 30.6 Å². The molecule has 0 saturated carbocycles. The second-order valence-corrected chi connectivity index (χ2v) is 5.87. The van der Waals surface area contributed by atoms with Crippen molar-refractivity contribution in [2.75, 3.05) is 18.4 Å². The molecular formula is C16H20N6O2. The van der Waals surface area contributed by atoms with Gasteiger partial charge >= 0.3 is 6.03 Å². The first-order valence-electron chi connectivity index (χ1n) is 7.84. The number of piperidine rings is 1. The zero-order chi connectivity index (χ0) is 17.1. The first kappa shape index (κ1) is 16.0. The van der Waals surface area contributed by atoms with Gasteiger partial charge in [-0.2, -0.15) is 5.10 Å². The van der Waals surface area contributed by atoms with Crippen LogP contribution in [0.3, 0.4) is 0 Å². The van der Waals surface area contributed by atoms with Crippen LogP contribution < -0.4 is 11.1 Å². The van der Waals surface area contributed by atoms with E-state index in [1.807, 2.05) is 17.8 Å². The van der Waals surface area contributed by atoms with Gasteiger partial charge in [-0.25, -0.2) is 9.78 Å². The monoisotopic (exact) mass is 328 g/mol. The van der Waals surface area contributed by atoms with Crippen LogP contribution >= 0.6 is 0 Å². The molecule has 3 amide bonds. The molecule has 126 valence electrons. The number of primary amides is 1. The van der Waals surface area contributed by atoms with Gasteiger partial charge in [0.05, 0.1) is 11.9 Å². The lowest BCUT2D eigenvalue weighted by Crippen LogP contribution is -2.40. The molecule has 0 aromatic carbocycles. The number of amides is 3. The van der Waals surface area contributed by atoms with Gasteiger partial charge in [0.2, 0.25) is 0 Å². The first-order chi connectivity index (χ1) is 11.5. The fraction of sp³-hybridized carbons (Fsp3) is 0.375. The predicted octanol–water partition coefficient (Wildman–Crippen LogP) is 1.33. The summed E-state index contributed by atoms with van der Waals surface area (Å²) in [6.45, 7) is 1.38. The highest BCUT2D eigenvalue weighted by molar-refractivity contribution is 5.92. The van der Waals surface area contributed by atoms with Gasteiger partial charge in [-0.3, -0.25) is 9.48 Å². The average molecular weight is 328 g/mol.